The molecule has 2 N–H and O–H groups in total. The third-order valence-electron chi connectivity index (χ3n) is 5.47. The van der Waals surface area contributed by atoms with Crippen LogP contribution in [-0.4, -0.2) is 18.4 Å². The molecule has 1 atom stereocenters. The van der Waals surface area contributed by atoms with Crippen molar-refractivity contribution < 1.29 is 9.59 Å². The number of hydrogen-bond donors (Lipinski definition) is 2. The number of rotatable bonds is 4. The van der Waals surface area contributed by atoms with E-state index in [9.17, 15) is 9.59 Å². The summed E-state index contributed by atoms with van der Waals surface area (Å²) in [6.07, 6.45) is 6.38. The maximum atomic E-state index is 12.3. The highest BCUT2D eigenvalue weighted by Gasteiger charge is 2.21. The molecule has 4 nitrogen and oxygen atoms in total. The Labute approximate surface area is 154 Å². The minimum atomic E-state index is -0.182. The van der Waals surface area contributed by atoms with E-state index in [-0.39, 0.29) is 24.4 Å². The molecule has 4 heteroatoms. The average molecular weight is 348 g/mol. The molecule has 4 rings (SSSR count). The highest BCUT2D eigenvalue weighted by atomic mass is 16.2. The van der Waals surface area contributed by atoms with Gasteiger partial charge in [-0.15, -0.1) is 0 Å². The molecule has 2 aromatic rings. The SMILES string of the molecule is O=C(CNC(=O)c1ccc2c(c1)CCC2)NC1CCCc2ccccc21. The summed E-state index contributed by atoms with van der Waals surface area (Å²) >= 11 is 0. The van der Waals surface area contributed by atoms with Crippen molar-refractivity contribution in [3.63, 3.8) is 0 Å². The smallest absolute Gasteiger partial charge is 0.251 e. The van der Waals surface area contributed by atoms with Gasteiger partial charge >= 0.3 is 0 Å². The Bertz CT molecular complexity index is 844. The van der Waals surface area contributed by atoms with Crippen LogP contribution in [0.25, 0.3) is 0 Å². The minimum absolute atomic E-state index is 0.00852. The first-order chi connectivity index (χ1) is 12.7. The second kappa shape index (κ2) is 7.32. The second-order valence-electron chi connectivity index (χ2n) is 7.23. The summed E-state index contributed by atoms with van der Waals surface area (Å²) in [5, 5.41) is 5.82. The van der Waals surface area contributed by atoms with Gasteiger partial charge in [0.15, 0.2) is 0 Å². The molecular weight excluding hydrogens is 324 g/mol. The van der Waals surface area contributed by atoms with E-state index in [1.54, 1.807) is 0 Å². The molecular formula is C22H24N2O2. The van der Waals surface area contributed by atoms with Crippen LogP contribution in [-0.2, 0) is 24.1 Å². The third kappa shape index (κ3) is 3.50. The molecule has 0 bridgehead atoms. The molecule has 0 fully saturated rings. The maximum absolute atomic E-state index is 12.3. The Morgan fingerprint density at radius 2 is 1.73 bits per heavy atom. The zero-order valence-corrected chi connectivity index (χ0v) is 14.9. The Morgan fingerprint density at radius 3 is 2.65 bits per heavy atom. The Balaban J connectivity index is 1.34. The number of amides is 2. The summed E-state index contributed by atoms with van der Waals surface area (Å²) in [4.78, 5) is 24.7. The molecule has 134 valence electrons. The van der Waals surface area contributed by atoms with Crippen LogP contribution in [0.5, 0.6) is 0 Å². The molecule has 0 radical (unpaired) electrons. The van der Waals surface area contributed by atoms with Gasteiger partial charge in [0, 0.05) is 5.56 Å². The van der Waals surface area contributed by atoms with Gasteiger partial charge in [0.1, 0.15) is 0 Å². The first-order valence-corrected chi connectivity index (χ1v) is 9.48. The number of fused-ring (bicyclic) bond motifs is 2. The van der Waals surface area contributed by atoms with Crippen molar-refractivity contribution in [1.82, 2.24) is 10.6 Å². The lowest BCUT2D eigenvalue weighted by molar-refractivity contribution is -0.121. The quantitative estimate of drug-likeness (QED) is 0.892. The van der Waals surface area contributed by atoms with Crippen molar-refractivity contribution in [2.24, 2.45) is 0 Å². The van der Waals surface area contributed by atoms with E-state index in [4.69, 9.17) is 0 Å². The standard InChI is InChI=1S/C22H24N2O2/c25-21(24-20-10-4-7-16-5-1-2-9-19(16)20)14-23-22(26)18-12-11-15-6-3-8-17(15)13-18/h1-2,5,9,11-13,20H,3-4,6-8,10,14H2,(H,23,26)(H,24,25). The van der Waals surface area contributed by atoms with Crippen LogP contribution in [0.1, 0.15) is 57.9 Å². The van der Waals surface area contributed by atoms with Crippen LogP contribution in [0, 0.1) is 0 Å². The molecule has 2 amide bonds. The van der Waals surface area contributed by atoms with Gasteiger partial charge in [0.2, 0.25) is 5.91 Å². The minimum Gasteiger partial charge on any atom is -0.348 e. The number of nitrogens with one attached hydrogen (secondary N) is 2. The van der Waals surface area contributed by atoms with Gasteiger partial charge in [-0.25, -0.2) is 0 Å². The normalized spacial score (nSPS) is 17.9. The lowest BCUT2D eigenvalue weighted by atomic mass is 9.88. The van der Waals surface area contributed by atoms with Crippen molar-refractivity contribution in [2.45, 2.75) is 44.6 Å². The Morgan fingerprint density at radius 1 is 0.923 bits per heavy atom. The van der Waals surface area contributed by atoms with Crippen molar-refractivity contribution >= 4 is 11.8 Å². The lowest BCUT2D eigenvalue weighted by Crippen LogP contribution is -2.39. The van der Waals surface area contributed by atoms with Gasteiger partial charge in [0.05, 0.1) is 12.6 Å². The van der Waals surface area contributed by atoms with Crippen molar-refractivity contribution in [2.75, 3.05) is 6.54 Å². The van der Waals surface area contributed by atoms with Crippen LogP contribution in [0.15, 0.2) is 42.5 Å². The van der Waals surface area contributed by atoms with Gasteiger partial charge < -0.3 is 10.6 Å². The van der Waals surface area contributed by atoms with Gasteiger partial charge in [-0.3, -0.25) is 9.59 Å². The highest BCUT2D eigenvalue weighted by Crippen LogP contribution is 2.29. The van der Waals surface area contributed by atoms with Gasteiger partial charge in [-0.05, 0) is 72.9 Å². The van der Waals surface area contributed by atoms with E-state index in [0.29, 0.717) is 5.56 Å². The summed E-state index contributed by atoms with van der Waals surface area (Å²) in [6, 6.07) is 14.2. The fourth-order valence-corrected chi connectivity index (χ4v) is 4.12. The zero-order valence-electron chi connectivity index (χ0n) is 14.9. The molecule has 2 aromatic carbocycles. The predicted octanol–water partition coefficient (Wildman–Crippen LogP) is 3.10. The molecule has 0 saturated heterocycles. The largest absolute Gasteiger partial charge is 0.348 e. The number of carbonyl (C=O) groups is 2. The molecule has 1 unspecified atom stereocenters. The summed E-state index contributed by atoms with van der Waals surface area (Å²) < 4.78 is 0. The topological polar surface area (TPSA) is 58.2 Å². The zero-order chi connectivity index (χ0) is 17.9. The molecule has 0 heterocycles. The van der Waals surface area contributed by atoms with Crippen LogP contribution in [0.3, 0.4) is 0 Å². The van der Waals surface area contributed by atoms with E-state index in [1.807, 2.05) is 30.3 Å². The van der Waals surface area contributed by atoms with Crippen LogP contribution < -0.4 is 10.6 Å². The van der Waals surface area contributed by atoms with E-state index in [2.05, 4.69) is 22.8 Å². The molecule has 0 saturated carbocycles. The van der Waals surface area contributed by atoms with Gasteiger partial charge in [0.25, 0.3) is 5.91 Å². The highest BCUT2D eigenvalue weighted by molar-refractivity contribution is 5.96. The first-order valence-electron chi connectivity index (χ1n) is 9.48. The molecule has 2 aliphatic rings. The van der Waals surface area contributed by atoms with E-state index in [0.717, 1.165) is 38.5 Å². The summed E-state index contributed by atoms with van der Waals surface area (Å²) in [7, 11) is 0. The number of hydrogen-bond acceptors (Lipinski definition) is 2. The monoisotopic (exact) mass is 348 g/mol. The fourth-order valence-electron chi connectivity index (χ4n) is 4.12. The first kappa shape index (κ1) is 16.8. The molecule has 0 aromatic heterocycles. The second-order valence-corrected chi connectivity index (χ2v) is 7.23. The van der Waals surface area contributed by atoms with Crippen molar-refractivity contribution in [3.05, 3.63) is 70.3 Å². The fraction of sp³-hybridized carbons (Fsp3) is 0.364. The molecule has 0 aliphatic heterocycles. The summed E-state index contributed by atoms with van der Waals surface area (Å²) in [5.41, 5.74) is 5.76. The number of aryl methyl sites for hydroxylation is 3. The van der Waals surface area contributed by atoms with E-state index in [1.165, 1.54) is 22.3 Å². The number of carbonyl (C=O) groups excluding carboxylic acids is 2. The predicted molar refractivity (Wildman–Crippen MR) is 101 cm³/mol. The summed E-state index contributed by atoms with van der Waals surface area (Å²) in [5.74, 6) is -0.319. The van der Waals surface area contributed by atoms with Gasteiger partial charge in [-0.1, -0.05) is 30.3 Å². The van der Waals surface area contributed by atoms with E-state index < -0.39 is 0 Å². The third-order valence-corrected chi connectivity index (χ3v) is 5.47. The number of benzene rings is 2. The summed E-state index contributed by atoms with van der Waals surface area (Å²) in [6.45, 7) is 0.00852. The van der Waals surface area contributed by atoms with Crippen LogP contribution >= 0.6 is 0 Å². The van der Waals surface area contributed by atoms with Crippen molar-refractivity contribution in [1.29, 1.82) is 0 Å². The van der Waals surface area contributed by atoms with Gasteiger partial charge in [-0.2, -0.15) is 0 Å². The molecule has 0 spiro atoms. The molecule has 2 aliphatic carbocycles. The van der Waals surface area contributed by atoms with E-state index >= 15 is 0 Å². The Kier molecular flexibility index (Phi) is 4.74. The average Bonchev–Trinajstić information content (AvgIpc) is 3.14. The maximum Gasteiger partial charge on any atom is 0.251 e. The lowest BCUT2D eigenvalue weighted by Gasteiger charge is -2.26. The van der Waals surface area contributed by atoms with Crippen LogP contribution in [0.2, 0.25) is 0 Å². The van der Waals surface area contributed by atoms with Crippen LogP contribution in [0.4, 0.5) is 0 Å². The Hall–Kier alpha value is -2.62. The molecule has 26 heavy (non-hydrogen) atoms. The van der Waals surface area contributed by atoms with Crippen molar-refractivity contribution in [3.8, 4) is 0 Å².